The fourth-order valence-corrected chi connectivity index (χ4v) is 2.14. The number of hydrogen-bond acceptors (Lipinski definition) is 5. The number of rotatable bonds is 6. The smallest absolute Gasteiger partial charge is 0.264 e. The van der Waals surface area contributed by atoms with Gasteiger partial charge >= 0.3 is 0 Å². The van der Waals surface area contributed by atoms with Crippen molar-refractivity contribution >= 4 is 11.6 Å². The second-order valence-electron chi connectivity index (χ2n) is 5.22. The van der Waals surface area contributed by atoms with Crippen LogP contribution in [-0.2, 0) is 9.63 Å². The first-order valence-corrected chi connectivity index (χ1v) is 7.34. The minimum absolute atomic E-state index is 0.126. The van der Waals surface area contributed by atoms with Gasteiger partial charge in [0.15, 0.2) is 11.5 Å². The average molecular weight is 306 g/mol. The summed E-state index contributed by atoms with van der Waals surface area (Å²) in [5, 5.41) is 6.93. The maximum Gasteiger partial charge on any atom is 0.264 e. The lowest BCUT2D eigenvalue weighted by molar-refractivity contribution is -0.131. The summed E-state index contributed by atoms with van der Waals surface area (Å²) in [6, 6.07) is 5.64. The zero-order chi connectivity index (χ0) is 16.1. The number of benzene rings is 1. The average Bonchev–Trinajstić information content (AvgIpc) is 3.04. The number of nitrogens with one attached hydrogen (secondary N) is 1. The summed E-state index contributed by atoms with van der Waals surface area (Å²) in [6.07, 6.45) is 0.747. The van der Waals surface area contributed by atoms with Crippen LogP contribution in [0.3, 0.4) is 0 Å². The van der Waals surface area contributed by atoms with Crippen molar-refractivity contribution in [3.63, 3.8) is 0 Å². The van der Waals surface area contributed by atoms with Gasteiger partial charge in [0.25, 0.3) is 5.91 Å². The van der Waals surface area contributed by atoms with E-state index in [1.54, 1.807) is 14.2 Å². The van der Waals surface area contributed by atoms with Crippen LogP contribution in [0, 0.1) is 0 Å². The van der Waals surface area contributed by atoms with Gasteiger partial charge in [-0.05, 0) is 31.5 Å². The van der Waals surface area contributed by atoms with E-state index in [-0.39, 0.29) is 11.9 Å². The Morgan fingerprint density at radius 2 is 2.14 bits per heavy atom. The molecule has 22 heavy (non-hydrogen) atoms. The second kappa shape index (κ2) is 7.15. The maximum absolute atomic E-state index is 12.1. The summed E-state index contributed by atoms with van der Waals surface area (Å²) in [7, 11) is 3.17. The summed E-state index contributed by atoms with van der Waals surface area (Å²) in [5.74, 6) is 1.14. The van der Waals surface area contributed by atoms with Crippen LogP contribution >= 0.6 is 0 Å². The summed E-state index contributed by atoms with van der Waals surface area (Å²) in [4.78, 5) is 17.3. The van der Waals surface area contributed by atoms with Crippen molar-refractivity contribution in [2.24, 2.45) is 5.16 Å². The third-order valence-electron chi connectivity index (χ3n) is 3.68. The molecule has 1 heterocycles. The van der Waals surface area contributed by atoms with Crippen molar-refractivity contribution < 1.29 is 19.1 Å². The fourth-order valence-electron chi connectivity index (χ4n) is 2.14. The van der Waals surface area contributed by atoms with E-state index < -0.39 is 6.10 Å². The highest BCUT2D eigenvalue weighted by Gasteiger charge is 2.29. The lowest BCUT2D eigenvalue weighted by atomic mass is 10.0. The molecule has 0 saturated carbocycles. The van der Waals surface area contributed by atoms with E-state index in [0.29, 0.717) is 17.9 Å². The molecule has 2 rings (SSSR count). The predicted molar refractivity (Wildman–Crippen MR) is 83.5 cm³/mol. The molecule has 0 spiro atoms. The zero-order valence-corrected chi connectivity index (χ0v) is 13.4. The van der Waals surface area contributed by atoms with Gasteiger partial charge in [-0.3, -0.25) is 4.79 Å². The molecule has 1 N–H and O–H groups in total. The third-order valence-corrected chi connectivity index (χ3v) is 3.68. The zero-order valence-electron chi connectivity index (χ0n) is 13.4. The van der Waals surface area contributed by atoms with Crippen molar-refractivity contribution in [2.75, 3.05) is 14.2 Å². The number of nitrogens with zero attached hydrogens (tertiary/aromatic N) is 1. The molecule has 6 nitrogen and oxygen atoms in total. The molecule has 0 fully saturated rings. The Balaban J connectivity index is 2.05. The highest BCUT2D eigenvalue weighted by molar-refractivity contribution is 6.04. The van der Waals surface area contributed by atoms with Gasteiger partial charge in [-0.1, -0.05) is 12.1 Å². The molecule has 1 aliphatic heterocycles. The van der Waals surface area contributed by atoms with Gasteiger partial charge in [0.05, 0.1) is 19.9 Å². The highest BCUT2D eigenvalue weighted by atomic mass is 16.6. The molecule has 0 aliphatic carbocycles. The summed E-state index contributed by atoms with van der Waals surface area (Å²) >= 11 is 0. The number of carbonyl (C=O) groups excluding carboxylic acids is 1. The summed E-state index contributed by atoms with van der Waals surface area (Å²) in [5.41, 5.74) is 1.58. The highest BCUT2D eigenvalue weighted by Crippen LogP contribution is 2.29. The van der Waals surface area contributed by atoms with Gasteiger partial charge in [0.2, 0.25) is 6.10 Å². The molecule has 0 saturated heterocycles. The third kappa shape index (κ3) is 3.50. The second-order valence-corrected chi connectivity index (χ2v) is 5.22. The molecule has 120 valence electrons. The van der Waals surface area contributed by atoms with E-state index in [0.717, 1.165) is 17.7 Å². The largest absolute Gasteiger partial charge is 0.493 e. The van der Waals surface area contributed by atoms with Crippen molar-refractivity contribution in [3.8, 4) is 11.5 Å². The van der Waals surface area contributed by atoms with Crippen molar-refractivity contribution in [1.82, 2.24) is 5.32 Å². The van der Waals surface area contributed by atoms with E-state index in [1.807, 2.05) is 32.0 Å². The molecule has 0 radical (unpaired) electrons. The Hall–Kier alpha value is -2.24. The SMILES string of the molecule is CCC(C)NC(=O)C1CC(c2ccc(OC)c(OC)c2)=NO1. The Kier molecular flexibility index (Phi) is 5.25. The Labute approximate surface area is 130 Å². The van der Waals surface area contributed by atoms with Crippen LogP contribution in [0.25, 0.3) is 0 Å². The van der Waals surface area contributed by atoms with Crippen LogP contribution in [0.4, 0.5) is 0 Å². The lowest BCUT2D eigenvalue weighted by Gasteiger charge is -2.14. The van der Waals surface area contributed by atoms with Gasteiger partial charge in [-0.2, -0.15) is 0 Å². The molecule has 1 aliphatic rings. The quantitative estimate of drug-likeness (QED) is 0.874. The van der Waals surface area contributed by atoms with Crippen LogP contribution in [-0.4, -0.2) is 38.0 Å². The lowest BCUT2D eigenvalue weighted by Crippen LogP contribution is -2.39. The fraction of sp³-hybridized carbons (Fsp3) is 0.500. The normalized spacial score (nSPS) is 18.2. The first-order valence-electron chi connectivity index (χ1n) is 7.34. The molecular formula is C16H22N2O4. The number of methoxy groups -OCH3 is 2. The molecule has 2 unspecified atom stereocenters. The minimum atomic E-state index is -0.572. The molecule has 1 aromatic rings. The van der Waals surface area contributed by atoms with E-state index in [2.05, 4.69) is 10.5 Å². The van der Waals surface area contributed by atoms with Crippen molar-refractivity contribution in [3.05, 3.63) is 23.8 Å². The van der Waals surface area contributed by atoms with Gasteiger partial charge in [-0.15, -0.1) is 0 Å². The van der Waals surface area contributed by atoms with Crippen molar-refractivity contribution in [1.29, 1.82) is 0 Å². The summed E-state index contributed by atoms with van der Waals surface area (Å²) < 4.78 is 10.5. The molecule has 0 bridgehead atoms. The molecule has 2 atom stereocenters. The van der Waals surface area contributed by atoms with E-state index in [4.69, 9.17) is 14.3 Å². The number of oxime groups is 1. The maximum atomic E-state index is 12.1. The van der Waals surface area contributed by atoms with Crippen LogP contribution in [0.2, 0.25) is 0 Å². The molecule has 1 amide bonds. The predicted octanol–water partition coefficient (Wildman–Crippen LogP) is 2.11. The number of ether oxygens (including phenoxy) is 2. The number of carbonyl (C=O) groups is 1. The van der Waals surface area contributed by atoms with Gasteiger partial charge < -0.3 is 19.6 Å². The molecule has 0 aromatic heterocycles. The van der Waals surface area contributed by atoms with Gasteiger partial charge in [0, 0.05) is 18.0 Å². The summed E-state index contributed by atoms with van der Waals surface area (Å²) in [6.45, 7) is 3.98. The standard InChI is InChI=1S/C16H22N2O4/c1-5-10(2)17-16(19)15-9-12(18-22-15)11-6-7-13(20-3)14(8-11)21-4/h6-8,10,15H,5,9H2,1-4H3,(H,17,19). The molecule has 1 aromatic carbocycles. The van der Waals surface area contributed by atoms with E-state index in [1.165, 1.54) is 0 Å². The van der Waals surface area contributed by atoms with Crippen LogP contribution < -0.4 is 14.8 Å². The van der Waals surface area contributed by atoms with Gasteiger partial charge in [0.1, 0.15) is 0 Å². The van der Waals surface area contributed by atoms with Crippen LogP contribution in [0.5, 0.6) is 11.5 Å². The molecular weight excluding hydrogens is 284 g/mol. The van der Waals surface area contributed by atoms with E-state index >= 15 is 0 Å². The minimum Gasteiger partial charge on any atom is -0.493 e. The van der Waals surface area contributed by atoms with Gasteiger partial charge in [-0.25, -0.2) is 0 Å². The number of amides is 1. The Bertz CT molecular complexity index is 571. The number of hydrogen-bond donors (Lipinski definition) is 1. The van der Waals surface area contributed by atoms with Crippen LogP contribution in [0.15, 0.2) is 23.4 Å². The Morgan fingerprint density at radius 1 is 1.41 bits per heavy atom. The Morgan fingerprint density at radius 3 is 2.77 bits per heavy atom. The molecule has 6 heteroatoms. The van der Waals surface area contributed by atoms with Crippen LogP contribution in [0.1, 0.15) is 32.3 Å². The monoisotopic (exact) mass is 306 g/mol. The van der Waals surface area contributed by atoms with E-state index in [9.17, 15) is 4.79 Å². The first-order chi connectivity index (χ1) is 10.6. The first kappa shape index (κ1) is 16.1. The van der Waals surface area contributed by atoms with Crippen molar-refractivity contribution in [2.45, 2.75) is 38.8 Å². The topological polar surface area (TPSA) is 69.2 Å².